The van der Waals surface area contributed by atoms with Crippen molar-refractivity contribution in [3.05, 3.63) is 0 Å². The highest BCUT2D eigenvalue weighted by molar-refractivity contribution is 5.02. The molecule has 0 aliphatic heterocycles. The normalized spacial score (nSPS) is 47.6. The summed E-state index contributed by atoms with van der Waals surface area (Å²) in [6, 6.07) is 0. The van der Waals surface area contributed by atoms with Crippen LogP contribution in [0.4, 0.5) is 0 Å². The fraction of sp³-hybridized carbons (Fsp3) is 1.00. The lowest BCUT2D eigenvalue weighted by molar-refractivity contribution is -0.151. The first kappa shape index (κ1) is 13.4. The molecule has 2 nitrogen and oxygen atoms in total. The molecule has 0 saturated heterocycles. The van der Waals surface area contributed by atoms with E-state index in [-0.39, 0.29) is 12.0 Å². The zero-order valence-electron chi connectivity index (χ0n) is 11.7. The van der Waals surface area contributed by atoms with Crippen LogP contribution in [0, 0.1) is 23.2 Å². The van der Waals surface area contributed by atoms with E-state index in [2.05, 4.69) is 13.8 Å². The molecule has 2 rings (SSSR count). The fourth-order valence-electron chi connectivity index (χ4n) is 4.58. The molecule has 2 fully saturated rings. The van der Waals surface area contributed by atoms with Crippen LogP contribution in [0.3, 0.4) is 0 Å². The predicted octanol–water partition coefficient (Wildman–Crippen LogP) is 2.97. The van der Waals surface area contributed by atoms with Gasteiger partial charge in [-0.25, -0.2) is 0 Å². The minimum absolute atomic E-state index is 0.0427. The number of rotatable bonds is 1. The molecule has 2 saturated carbocycles. The van der Waals surface area contributed by atoms with E-state index in [4.69, 9.17) is 0 Å². The number of aliphatic hydroxyl groups is 2. The van der Waals surface area contributed by atoms with E-state index in [0.717, 1.165) is 12.8 Å². The third-order valence-corrected chi connectivity index (χ3v) is 5.54. The molecule has 0 heterocycles. The topological polar surface area (TPSA) is 40.5 Å². The minimum atomic E-state index is -0.752. The van der Waals surface area contributed by atoms with Gasteiger partial charge in [-0.15, -0.1) is 0 Å². The third kappa shape index (κ3) is 2.26. The van der Waals surface area contributed by atoms with Gasteiger partial charge in [0.15, 0.2) is 0 Å². The quantitative estimate of drug-likeness (QED) is 0.740. The van der Waals surface area contributed by atoms with E-state index in [1.54, 1.807) is 0 Å². The summed E-state index contributed by atoms with van der Waals surface area (Å²) >= 11 is 0. The Kier molecular flexibility index (Phi) is 3.33. The van der Waals surface area contributed by atoms with Crippen molar-refractivity contribution in [2.45, 2.75) is 71.5 Å². The third-order valence-electron chi connectivity index (χ3n) is 5.54. The van der Waals surface area contributed by atoms with E-state index in [1.807, 2.05) is 13.8 Å². The molecule has 0 aromatic heterocycles. The molecule has 0 radical (unpaired) electrons. The molecule has 2 N–H and O–H groups in total. The van der Waals surface area contributed by atoms with Crippen LogP contribution in [0.1, 0.15) is 59.8 Å². The fourth-order valence-corrected chi connectivity index (χ4v) is 4.58. The Hall–Kier alpha value is -0.0800. The summed E-state index contributed by atoms with van der Waals surface area (Å²) in [7, 11) is 0. The lowest BCUT2D eigenvalue weighted by Crippen LogP contribution is -2.55. The van der Waals surface area contributed by atoms with Crippen LogP contribution in [-0.4, -0.2) is 21.9 Å². The van der Waals surface area contributed by atoms with Crippen molar-refractivity contribution >= 4 is 0 Å². The molecule has 0 spiro atoms. The monoisotopic (exact) mass is 240 g/mol. The van der Waals surface area contributed by atoms with Gasteiger partial charge >= 0.3 is 0 Å². The van der Waals surface area contributed by atoms with Crippen LogP contribution in [0.2, 0.25) is 0 Å². The lowest BCUT2D eigenvalue weighted by atomic mass is 9.52. The van der Waals surface area contributed by atoms with E-state index < -0.39 is 5.60 Å². The molecule has 0 bridgehead atoms. The maximum Gasteiger partial charge on any atom is 0.0644 e. The van der Waals surface area contributed by atoms with Crippen LogP contribution < -0.4 is 0 Å². The van der Waals surface area contributed by atoms with Crippen molar-refractivity contribution in [3.63, 3.8) is 0 Å². The van der Waals surface area contributed by atoms with Crippen LogP contribution in [0.25, 0.3) is 0 Å². The highest BCUT2D eigenvalue weighted by Crippen LogP contribution is 2.55. The SMILES string of the molecule is CC1CCCC2(C)CCC(C(C)(C)O)C(O)C12. The summed E-state index contributed by atoms with van der Waals surface area (Å²) in [5.41, 5.74) is -0.448. The van der Waals surface area contributed by atoms with Crippen molar-refractivity contribution < 1.29 is 10.2 Å². The van der Waals surface area contributed by atoms with Gasteiger partial charge in [0.05, 0.1) is 11.7 Å². The standard InChI is InChI=1S/C15H28O2/c1-10-6-5-8-15(4)9-7-11(14(2,3)17)13(16)12(10)15/h10-13,16-17H,5-9H2,1-4H3. The van der Waals surface area contributed by atoms with E-state index in [9.17, 15) is 10.2 Å². The van der Waals surface area contributed by atoms with Crippen molar-refractivity contribution in [1.82, 2.24) is 0 Å². The summed E-state index contributed by atoms with van der Waals surface area (Å²) in [4.78, 5) is 0. The first-order valence-electron chi connectivity index (χ1n) is 7.16. The van der Waals surface area contributed by atoms with Crippen molar-refractivity contribution in [1.29, 1.82) is 0 Å². The van der Waals surface area contributed by atoms with Gasteiger partial charge in [0.2, 0.25) is 0 Å². The van der Waals surface area contributed by atoms with Gasteiger partial charge in [-0.05, 0) is 50.4 Å². The first-order valence-corrected chi connectivity index (χ1v) is 7.16. The van der Waals surface area contributed by atoms with Crippen molar-refractivity contribution in [2.24, 2.45) is 23.2 Å². The second-order valence-electron chi connectivity index (χ2n) is 7.34. The maximum atomic E-state index is 10.7. The van der Waals surface area contributed by atoms with Gasteiger partial charge in [-0.2, -0.15) is 0 Å². The molecule has 17 heavy (non-hydrogen) atoms. The zero-order valence-corrected chi connectivity index (χ0v) is 11.7. The molecular weight excluding hydrogens is 212 g/mol. The molecule has 5 atom stereocenters. The zero-order chi connectivity index (χ0) is 12.8. The van der Waals surface area contributed by atoms with Crippen LogP contribution in [0.15, 0.2) is 0 Å². The highest BCUT2D eigenvalue weighted by Gasteiger charge is 2.52. The molecule has 100 valence electrons. The van der Waals surface area contributed by atoms with E-state index >= 15 is 0 Å². The summed E-state index contributed by atoms with van der Waals surface area (Å²) in [6.45, 7) is 8.31. The van der Waals surface area contributed by atoms with Crippen molar-refractivity contribution in [2.75, 3.05) is 0 Å². The molecule has 2 heteroatoms. The van der Waals surface area contributed by atoms with Crippen molar-refractivity contribution in [3.8, 4) is 0 Å². The average molecular weight is 240 g/mol. The molecular formula is C15H28O2. The van der Waals surface area contributed by atoms with Gasteiger partial charge in [-0.3, -0.25) is 0 Å². The van der Waals surface area contributed by atoms with Gasteiger partial charge in [0.25, 0.3) is 0 Å². The van der Waals surface area contributed by atoms with E-state index in [1.165, 1.54) is 19.3 Å². The second-order valence-corrected chi connectivity index (χ2v) is 7.34. The highest BCUT2D eigenvalue weighted by atomic mass is 16.3. The summed E-state index contributed by atoms with van der Waals surface area (Å²) in [6.07, 6.45) is 5.57. The van der Waals surface area contributed by atoms with Crippen LogP contribution in [-0.2, 0) is 0 Å². The largest absolute Gasteiger partial charge is 0.392 e. The Morgan fingerprint density at radius 1 is 1.18 bits per heavy atom. The van der Waals surface area contributed by atoms with Crippen LogP contribution in [0.5, 0.6) is 0 Å². The smallest absolute Gasteiger partial charge is 0.0644 e. The Morgan fingerprint density at radius 3 is 2.41 bits per heavy atom. The van der Waals surface area contributed by atoms with Gasteiger partial charge in [0.1, 0.15) is 0 Å². The van der Waals surface area contributed by atoms with Gasteiger partial charge in [0, 0.05) is 5.92 Å². The summed E-state index contributed by atoms with van der Waals surface area (Å²) in [5, 5.41) is 20.9. The first-order chi connectivity index (χ1) is 7.76. The molecule has 0 aromatic rings. The summed E-state index contributed by atoms with van der Waals surface area (Å²) < 4.78 is 0. The number of hydrogen-bond donors (Lipinski definition) is 2. The molecule has 2 aliphatic carbocycles. The van der Waals surface area contributed by atoms with Gasteiger partial charge in [-0.1, -0.05) is 26.7 Å². The minimum Gasteiger partial charge on any atom is -0.392 e. The average Bonchev–Trinajstić information content (AvgIpc) is 2.14. The Labute approximate surface area is 105 Å². The Balaban J connectivity index is 2.24. The predicted molar refractivity (Wildman–Crippen MR) is 69.6 cm³/mol. The summed E-state index contributed by atoms with van der Waals surface area (Å²) in [5.74, 6) is 1.01. The number of aliphatic hydroxyl groups excluding tert-OH is 1. The lowest BCUT2D eigenvalue weighted by Gasteiger charge is -2.55. The molecule has 0 aromatic carbocycles. The molecule has 0 amide bonds. The van der Waals surface area contributed by atoms with Gasteiger partial charge < -0.3 is 10.2 Å². The molecule has 5 unspecified atom stereocenters. The molecule has 2 aliphatic rings. The number of hydrogen-bond acceptors (Lipinski definition) is 2. The Morgan fingerprint density at radius 2 is 1.82 bits per heavy atom. The van der Waals surface area contributed by atoms with Crippen LogP contribution >= 0.6 is 0 Å². The maximum absolute atomic E-state index is 10.7. The second kappa shape index (κ2) is 4.24. The Bertz CT molecular complexity index is 281. The number of fused-ring (bicyclic) bond motifs is 1. The van der Waals surface area contributed by atoms with E-state index in [0.29, 0.717) is 17.3 Å².